The van der Waals surface area contributed by atoms with Crippen LogP contribution in [0.3, 0.4) is 0 Å². The Bertz CT molecular complexity index is 821. The third kappa shape index (κ3) is 3.58. The molecule has 0 aliphatic heterocycles. The second kappa shape index (κ2) is 6.36. The monoisotopic (exact) mass is 306 g/mol. The zero-order chi connectivity index (χ0) is 16.2. The number of carbonyl (C=O) groups is 1. The van der Waals surface area contributed by atoms with Crippen LogP contribution < -0.4 is 11.1 Å². The highest BCUT2D eigenvalue weighted by Crippen LogP contribution is 2.21. The molecular formula is C18H18N4O. The van der Waals surface area contributed by atoms with Crippen LogP contribution in [0.2, 0.25) is 0 Å². The third-order valence-electron chi connectivity index (χ3n) is 3.48. The predicted molar refractivity (Wildman–Crippen MR) is 91.9 cm³/mol. The first-order valence-electron chi connectivity index (χ1n) is 7.35. The molecule has 5 nitrogen and oxygen atoms in total. The van der Waals surface area contributed by atoms with Crippen LogP contribution >= 0.6 is 0 Å². The summed E-state index contributed by atoms with van der Waals surface area (Å²) in [5, 5.41) is 2.76. The molecule has 0 unspecified atom stereocenters. The summed E-state index contributed by atoms with van der Waals surface area (Å²) in [5.41, 5.74) is 9.48. The van der Waals surface area contributed by atoms with Gasteiger partial charge in [0, 0.05) is 42.8 Å². The van der Waals surface area contributed by atoms with E-state index in [1.165, 1.54) is 6.92 Å². The normalized spacial score (nSPS) is 10.5. The summed E-state index contributed by atoms with van der Waals surface area (Å²) in [5.74, 6) is 0.794. The molecule has 5 heteroatoms. The summed E-state index contributed by atoms with van der Waals surface area (Å²) in [6.07, 6.45) is 3.73. The maximum Gasteiger partial charge on any atom is 0.221 e. The van der Waals surface area contributed by atoms with Gasteiger partial charge in [-0.3, -0.25) is 4.79 Å². The van der Waals surface area contributed by atoms with Gasteiger partial charge >= 0.3 is 0 Å². The van der Waals surface area contributed by atoms with E-state index in [4.69, 9.17) is 5.73 Å². The van der Waals surface area contributed by atoms with Gasteiger partial charge in [0.15, 0.2) is 0 Å². The Balaban J connectivity index is 1.84. The van der Waals surface area contributed by atoms with Crippen molar-refractivity contribution in [3.05, 3.63) is 66.5 Å². The maximum atomic E-state index is 11.1. The van der Waals surface area contributed by atoms with Gasteiger partial charge in [0.25, 0.3) is 0 Å². The summed E-state index contributed by atoms with van der Waals surface area (Å²) in [4.78, 5) is 15.5. The number of rotatable bonds is 4. The minimum Gasteiger partial charge on any atom is -0.399 e. The average Bonchev–Trinajstić information content (AvgIpc) is 2.95. The number of anilines is 2. The molecule has 3 aromatic rings. The van der Waals surface area contributed by atoms with Gasteiger partial charge in [-0.2, -0.15) is 0 Å². The minimum atomic E-state index is -0.0825. The number of nitrogens with one attached hydrogen (secondary N) is 1. The van der Waals surface area contributed by atoms with Crippen LogP contribution in [0.1, 0.15) is 12.5 Å². The molecule has 3 N–H and O–H groups in total. The first kappa shape index (κ1) is 14.8. The summed E-state index contributed by atoms with van der Waals surface area (Å²) in [6, 6.07) is 15.5. The van der Waals surface area contributed by atoms with E-state index in [2.05, 4.69) is 14.9 Å². The SMILES string of the molecule is CC(=O)Nc1ccc(-c2nccn2Cc2cccc(N)c2)cc1. The number of amides is 1. The number of benzene rings is 2. The summed E-state index contributed by atoms with van der Waals surface area (Å²) < 4.78 is 2.07. The molecule has 0 aliphatic carbocycles. The minimum absolute atomic E-state index is 0.0825. The number of nitrogens with two attached hydrogens (primary N) is 1. The molecule has 0 bridgehead atoms. The van der Waals surface area contributed by atoms with Crippen LogP contribution in [0.4, 0.5) is 11.4 Å². The van der Waals surface area contributed by atoms with Gasteiger partial charge in [-0.05, 0) is 42.0 Å². The molecule has 0 atom stereocenters. The van der Waals surface area contributed by atoms with Crippen molar-refractivity contribution in [2.24, 2.45) is 0 Å². The highest BCUT2D eigenvalue weighted by Gasteiger charge is 2.07. The lowest BCUT2D eigenvalue weighted by atomic mass is 10.1. The number of hydrogen-bond donors (Lipinski definition) is 2. The Hall–Kier alpha value is -3.08. The lowest BCUT2D eigenvalue weighted by molar-refractivity contribution is -0.114. The second-order valence-electron chi connectivity index (χ2n) is 5.38. The van der Waals surface area contributed by atoms with Crippen molar-refractivity contribution in [1.82, 2.24) is 9.55 Å². The van der Waals surface area contributed by atoms with Gasteiger partial charge in [0.1, 0.15) is 5.82 Å². The number of imidazole rings is 1. The van der Waals surface area contributed by atoms with Crippen molar-refractivity contribution < 1.29 is 4.79 Å². The van der Waals surface area contributed by atoms with Crippen molar-refractivity contribution in [2.75, 3.05) is 11.1 Å². The average molecular weight is 306 g/mol. The van der Waals surface area contributed by atoms with Crippen molar-refractivity contribution in [3.63, 3.8) is 0 Å². The van der Waals surface area contributed by atoms with Crippen molar-refractivity contribution in [2.45, 2.75) is 13.5 Å². The van der Waals surface area contributed by atoms with Crippen LogP contribution in [0.25, 0.3) is 11.4 Å². The molecule has 0 saturated carbocycles. The molecule has 0 fully saturated rings. The maximum absolute atomic E-state index is 11.1. The molecule has 2 aromatic carbocycles. The standard InChI is InChI=1S/C18H18N4O/c1-13(23)21-17-7-5-15(6-8-17)18-20-9-10-22(18)12-14-3-2-4-16(19)11-14/h2-11H,12,19H2,1H3,(H,21,23). The molecular weight excluding hydrogens is 288 g/mol. The summed E-state index contributed by atoms with van der Waals surface area (Å²) in [7, 11) is 0. The molecule has 0 radical (unpaired) electrons. The highest BCUT2D eigenvalue weighted by atomic mass is 16.1. The van der Waals surface area contributed by atoms with Crippen LogP contribution in [-0.2, 0) is 11.3 Å². The Morgan fingerprint density at radius 2 is 2.00 bits per heavy atom. The molecule has 3 rings (SSSR count). The van der Waals surface area contributed by atoms with Gasteiger partial charge in [0.05, 0.1) is 0 Å². The van der Waals surface area contributed by atoms with Crippen LogP contribution in [0.5, 0.6) is 0 Å². The van der Waals surface area contributed by atoms with Crippen molar-refractivity contribution >= 4 is 17.3 Å². The van der Waals surface area contributed by atoms with Gasteiger partial charge in [-0.15, -0.1) is 0 Å². The zero-order valence-corrected chi connectivity index (χ0v) is 12.9. The number of hydrogen-bond acceptors (Lipinski definition) is 3. The fraction of sp³-hybridized carbons (Fsp3) is 0.111. The van der Waals surface area contributed by atoms with E-state index in [0.717, 1.165) is 28.3 Å². The molecule has 1 amide bonds. The molecule has 0 spiro atoms. The van der Waals surface area contributed by atoms with E-state index in [1.54, 1.807) is 6.20 Å². The fourth-order valence-corrected chi connectivity index (χ4v) is 2.49. The molecule has 0 aliphatic rings. The molecule has 23 heavy (non-hydrogen) atoms. The first-order chi connectivity index (χ1) is 11.1. The zero-order valence-electron chi connectivity index (χ0n) is 12.9. The van der Waals surface area contributed by atoms with Crippen molar-refractivity contribution in [1.29, 1.82) is 0 Å². The quantitative estimate of drug-likeness (QED) is 0.727. The topological polar surface area (TPSA) is 72.9 Å². The summed E-state index contributed by atoms with van der Waals surface area (Å²) >= 11 is 0. The van der Waals surface area contributed by atoms with Crippen LogP contribution in [0, 0.1) is 0 Å². The van der Waals surface area contributed by atoms with E-state index < -0.39 is 0 Å². The molecule has 116 valence electrons. The van der Waals surface area contributed by atoms with Gasteiger partial charge in [-0.25, -0.2) is 4.98 Å². The third-order valence-corrected chi connectivity index (χ3v) is 3.48. The van der Waals surface area contributed by atoms with E-state index in [1.807, 2.05) is 54.7 Å². The van der Waals surface area contributed by atoms with Gasteiger partial charge < -0.3 is 15.6 Å². The molecule has 0 saturated heterocycles. The Labute approximate surface area is 134 Å². The van der Waals surface area contributed by atoms with E-state index >= 15 is 0 Å². The molecule has 1 heterocycles. The number of nitrogens with zero attached hydrogens (tertiary/aromatic N) is 2. The molecule has 1 aromatic heterocycles. The lowest BCUT2D eigenvalue weighted by Gasteiger charge is -2.09. The van der Waals surface area contributed by atoms with Crippen LogP contribution in [-0.4, -0.2) is 15.5 Å². The highest BCUT2D eigenvalue weighted by molar-refractivity contribution is 5.88. The van der Waals surface area contributed by atoms with E-state index in [-0.39, 0.29) is 5.91 Å². The summed E-state index contributed by atoms with van der Waals surface area (Å²) in [6.45, 7) is 2.19. The fourth-order valence-electron chi connectivity index (χ4n) is 2.49. The van der Waals surface area contributed by atoms with Gasteiger partial charge in [-0.1, -0.05) is 12.1 Å². The lowest BCUT2D eigenvalue weighted by Crippen LogP contribution is -2.05. The Morgan fingerprint density at radius 3 is 2.70 bits per heavy atom. The number of nitrogen functional groups attached to an aromatic ring is 1. The van der Waals surface area contributed by atoms with Crippen molar-refractivity contribution in [3.8, 4) is 11.4 Å². The van der Waals surface area contributed by atoms with Crippen LogP contribution in [0.15, 0.2) is 60.9 Å². The van der Waals surface area contributed by atoms with Gasteiger partial charge in [0.2, 0.25) is 5.91 Å². The number of carbonyl (C=O) groups excluding carboxylic acids is 1. The number of aromatic nitrogens is 2. The second-order valence-corrected chi connectivity index (χ2v) is 5.38. The Kier molecular flexibility index (Phi) is 4.10. The smallest absolute Gasteiger partial charge is 0.221 e. The van der Waals surface area contributed by atoms with E-state index in [0.29, 0.717) is 6.54 Å². The largest absolute Gasteiger partial charge is 0.399 e. The predicted octanol–water partition coefficient (Wildman–Crippen LogP) is 3.14. The first-order valence-corrected chi connectivity index (χ1v) is 7.35. The Morgan fingerprint density at radius 1 is 1.22 bits per heavy atom. The van der Waals surface area contributed by atoms with E-state index in [9.17, 15) is 4.79 Å².